The van der Waals surface area contributed by atoms with Crippen molar-refractivity contribution in [1.29, 1.82) is 0 Å². The molecule has 0 radical (unpaired) electrons. The Balaban J connectivity index is 3.11. The molecule has 3 nitrogen and oxygen atoms in total. The molecular formula is C5H9NO2. The van der Waals surface area contributed by atoms with Gasteiger partial charge in [0.05, 0.1) is 13.7 Å². The molecule has 0 bridgehead atoms. The number of ether oxygens (including phenoxy) is 1. The van der Waals surface area contributed by atoms with E-state index in [0.29, 0.717) is 5.88 Å². The van der Waals surface area contributed by atoms with Crippen molar-refractivity contribution in [3.05, 3.63) is 12.5 Å². The largest absolute Gasteiger partial charge is 0.483 e. The molecule has 46 valence electrons. The Morgan fingerprint density at radius 1 is 2.00 bits per heavy atom. The van der Waals surface area contributed by atoms with E-state index in [-0.39, 0.29) is 6.54 Å². The quantitative estimate of drug-likeness (QED) is 0.410. The van der Waals surface area contributed by atoms with Gasteiger partial charge < -0.3 is 14.8 Å². The SMILES string of the molecule is C=C(NCC=O)OC. The second kappa shape index (κ2) is 4.18. The van der Waals surface area contributed by atoms with Crippen LogP contribution in [-0.4, -0.2) is 19.9 Å². The molecule has 0 amide bonds. The minimum atomic E-state index is 0.257. The maximum atomic E-state index is 9.67. The van der Waals surface area contributed by atoms with Crippen LogP contribution in [0.5, 0.6) is 0 Å². The monoisotopic (exact) mass is 115 g/mol. The van der Waals surface area contributed by atoms with E-state index >= 15 is 0 Å². The second-order valence-corrected chi connectivity index (χ2v) is 1.17. The van der Waals surface area contributed by atoms with Gasteiger partial charge in [-0.1, -0.05) is 0 Å². The van der Waals surface area contributed by atoms with Gasteiger partial charge in [-0.15, -0.1) is 0 Å². The van der Waals surface area contributed by atoms with Crippen molar-refractivity contribution in [2.24, 2.45) is 0 Å². The molecule has 0 unspecified atom stereocenters. The first kappa shape index (κ1) is 7.01. The van der Waals surface area contributed by atoms with Crippen LogP contribution in [0.2, 0.25) is 0 Å². The lowest BCUT2D eigenvalue weighted by Crippen LogP contribution is -2.15. The summed E-state index contributed by atoms with van der Waals surface area (Å²) in [7, 11) is 1.49. The van der Waals surface area contributed by atoms with Gasteiger partial charge in [-0.2, -0.15) is 0 Å². The smallest absolute Gasteiger partial charge is 0.179 e. The van der Waals surface area contributed by atoms with Crippen molar-refractivity contribution in [3.8, 4) is 0 Å². The van der Waals surface area contributed by atoms with Gasteiger partial charge in [0.1, 0.15) is 6.29 Å². The fourth-order valence-corrected chi connectivity index (χ4v) is 0.228. The third-order valence-corrected chi connectivity index (χ3v) is 0.629. The summed E-state index contributed by atoms with van der Waals surface area (Å²) < 4.78 is 4.59. The highest BCUT2D eigenvalue weighted by molar-refractivity contribution is 5.52. The number of methoxy groups -OCH3 is 1. The molecule has 0 saturated carbocycles. The van der Waals surface area contributed by atoms with Crippen LogP contribution in [0.15, 0.2) is 12.5 Å². The molecule has 1 N–H and O–H groups in total. The van der Waals surface area contributed by atoms with Gasteiger partial charge in [0.15, 0.2) is 5.88 Å². The number of hydrogen-bond acceptors (Lipinski definition) is 3. The molecule has 0 aromatic heterocycles. The van der Waals surface area contributed by atoms with Crippen LogP contribution in [0.4, 0.5) is 0 Å². The number of hydrogen-bond donors (Lipinski definition) is 1. The zero-order chi connectivity index (χ0) is 6.41. The Morgan fingerprint density at radius 2 is 2.62 bits per heavy atom. The number of aldehydes is 1. The molecule has 0 aromatic rings. The summed E-state index contributed by atoms with van der Waals surface area (Å²) in [6.07, 6.45) is 0.740. The van der Waals surface area contributed by atoms with E-state index < -0.39 is 0 Å². The highest BCUT2D eigenvalue weighted by Gasteiger charge is 1.83. The molecule has 0 heterocycles. The fraction of sp³-hybridized carbons (Fsp3) is 0.400. The van der Waals surface area contributed by atoms with E-state index in [0.717, 1.165) is 6.29 Å². The summed E-state index contributed by atoms with van der Waals surface area (Å²) >= 11 is 0. The van der Waals surface area contributed by atoms with Crippen molar-refractivity contribution in [1.82, 2.24) is 5.32 Å². The molecule has 0 saturated heterocycles. The first-order chi connectivity index (χ1) is 3.81. The summed E-state index contributed by atoms with van der Waals surface area (Å²) in [5.41, 5.74) is 0. The van der Waals surface area contributed by atoms with E-state index in [2.05, 4.69) is 16.6 Å². The van der Waals surface area contributed by atoms with E-state index in [4.69, 9.17) is 0 Å². The second-order valence-electron chi connectivity index (χ2n) is 1.17. The summed E-state index contributed by atoms with van der Waals surface area (Å²) in [5, 5.41) is 2.60. The first-order valence-electron chi connectivity index (χ1n) is 2.21. The Labute approximate surface area is 48.3 Å². The van der Waals surface area contributed by atoms with Crippen LogP contribution in [0, 0.1) is 0 Å². The lowest BCUT2D eigenvalue weighted by Gasteiger charge is -2.01. The van der Waals surface area contributed by atoms with Crippen LogP contribution >= 0.6 is 0 Å². The lowest BCUT2D eigenvalue weighted by molar-refractivity contribution is -0.107. The molecule has 8 heavy (non-hydrogen) atoms. The van der Waals surface area contributed by atoms with Crippen molar-refractivity contribution in [3.63, 3.8) is 0 Å². The number of carbonyl (C=O) groups is 1. The van der Waals surface area contributed by atoms with E-state index in [1.165, 1.54) is 7.11 Å². The van der Waals surface area contributed by atoms with Gasteiger partial charge in [0, 0.05) is 0 Å². The van der Waals surface area contributed by atoms with Crippen LogP contribution in [0.3, 0.4) is 0 Å². The Hall–Kier alpha value is -0.990. The van der Waals surface area contributed by atoms with Crippen molar-refractivity contribution < 1.29 is 9.53 Å². The van der Waals surface area contributed by atoms with Crippen LogP contribution in [0.1, 0.15) is 0 Å². The van der Waals surface area contributed by atoms with Crippen LogP contribution < -0.4 is 5.32 Å². The maximum Gasteiger partial charge on any atom is 0.179 e. The summed E-state index contributed by atoms with van der Waals surface area (Å²) in [6.45, 7) is 3.68. The molecule has 0 fully saturated rings. The Morgan fingerprint density at radius 3 is 3.00 bits per heavy atom. The third-order valence-electron chi connectivity index (χ3n) is 0.629. The highest BCUT2D eigenvalue weighted by atomic mass is 16.5. The third kappa shape index (κ3) is 3.21. The molecule has 3 heteroatoms. The number of nitrogens with one attached hydrogen (secondary N) is 1. The van der Waals surface area contributed by atoms with E-state index in [9.17, 15) is 4.79 Å². The zero-order valence-corrected chi connectivity index (χ0v) is 4.81. The summed E-state index contributed by atoms with van der Waals surface area (Å²) in [4.78, 5) is 9.67. The number of carbonyl (C=O) groups excluding carboxylic acids is 1. The topological polar surface area (TPSA) is 38.3 Å². The van der Waals surface area contributed by atoms with Crippen molar-refractivity contribution >= 4 is 6.29 Å². The summed E-state index contributed by atoms with van der Waals surface area (Å²) in [5.74, 6) is 0.414. The molecule has 0 aliphatic heterocycles. The molecule has 0 aliphatic rings. The average molecular weight is 115 g/mol. The lowest BCUT2D eigenvalue weighted by atomic mass is 10.7. The van der Waals surface area contributed by atoms with Gasteiger partial charge in [-0.25, -0.2) is 0 Å². The first-order valence-corrected chi connectivity index (χ1v) is 2.21. The predicted octanol–water partition coefficient (Wildman–Crippen LogP) is -0.108. The van der Waals surface area contributed by atoms with Crippen molar-refractivity contribution in [2.45, 2.75) is 0 Å². The van der Waals surface area contributed by atoms with Gasteiger partial charge >= 0.3 is 0 Å². The maximum absolute atomic E-state index is 9.67. The van der Waals surface area contributed by atoms with Crippen LogP contribution in [-0.2, 0) is 9.53 Å². The normalized spacial score (nSPS) is 7.62. The fourth-order valence-electron chi connectivity index (χ4n) is 0.228. The molecule has 0 rings (SSSR count). The van der Waals surface area contributed by atoms with E-state index in [1.807, 2.05) is 0 Å². The Bertz CT molecular complexity index is 90.4. The van der Waals surface area contributed by atoms with Gasteiger partial charge in [-0.3, -0.25) is 0 Å². The van der Waals surface area contributed by atoms with Gasteiger partial charge in [0.25, 0.3) is 0 Å². The molecule has 0 aromatic carbocycles. The summed E-state index contributed by atoms with van der Waals surface area (Å²) in [6, 6.07) is 0. The minimum absolute atomic E-state index is 0.257. The zero-order valence-electron chi connectivity index (χ0n) is 4.81. The van der Waals surface area contributed by atoms with E-state index in [1.54, 1.807) is 0 Å². The standard InChI is InChI=1S/C5H9NO2/c1-5(8-2)6-3-4-7/h4,6H,1,3H2,2H3. The number of rotatable bonds is 4. The molecule has 0 spiro atoms. The van der Waals surface area contributed by atoms with Gasteiger partial charge in [0.2, 0.25) is 0 Å². The highest BCUT2D eigenvalue weighted by Crippen LogP contribution is 1.78. The molecule has 0 aliphatic carbocycles. The van der Waals surface area contributed by atoms with Crippen molar-refractivity contribution in [2.75, 3.05) is 13.7 Å². The predicted molar refractivity (Wildman–Crippen MR) is 30.2 cm³/mol. The minimum Gasteiger partial charge on any atom is -0.483 e. The van der Waals surface area contributed by atoms with Crippen LogP contribution in [0.25, 0.3) is 0 Å². The molecular weight excluding hydrogens is 106 g/mol. The Kier molecular flexibility index (Phi) is 3.66. The molecule has 0 atom stereocenters. The van der Waals surface area contributed by atoms with Gasteiger partial charge in [-0.05, 0) is 6.58 Å². The average Bonchev–Trinajstić information content (AvgIpc) is 1.83.